The molecular formula is C12H22BrN3. The van der Waals surface area contributed by atoms with Crippen molar-refractivity contribution in [2.24, 2.45) is 0 Å². The van der Waals surface area contributed by atoms with Crippen LogP contribution in [-0.4, -0.2) is 39.9 Å². The Morgan fingerprint density at radius 2 is 2.12 bits per heavy atom. The summed E-state index contributed by atoms with van der Waals surface area (Å²) in [6, 6.07) is 0. The molecule has 1 aromatic heterocycles. The van der Waals surface area contributed by atoms with Crippen LogP contribution in [0.4, 0.5) is 0 Å². The van der Waals surface area contributed by atoms with E-state index in [0.29, 0.717) is 0 Å². The van der Waals surface area contributed by atoms with Crippen LogP contribution in [0.5, 0.6) is 0 Å². The molecule has 0 spiro atoms. The highest BCUT2D eigenvalue weighted by Gasteiger charge is 2.00. The van der Waals surface area contributed by atoms with Crippen LogP contribution in [0.3, 0.4) is 0 Å². The Balaban J connectivity index is 2.10. The molecular weight excluding hydrogens is 266 g/mol. The lowest BCUT2D eigenvalue weighted by Crippen LogP contribution is -2.24. The molecule has 0 bridgehead atoms. The van der Waals surface area contributed by atoms with Crippen molar-refractivity contribution in [2.75, 3.05) is 25.5 Å². The second-order valence-corrected chi connectivity index (χ2v) is 5.01. The smallest absolute Gasteiger partial charge is 0.105 e. The minimum absolute atomic E-state index is 1.04. The molecule has 0 saturated heterocycles. The van der Waals surface area contributed by atoms with E-state index >= 15 is 0 Å². The third-order valence-corrected chi connectivity index (χ3v) is 3.38. The quantitative estimate of drug-likeness (QED) is 0.542. The monoisotopic (exact) mass is 287 g/mol. The van der Waals surface area contributed by atoms with Gasteiger partial charge in [-0.05, 0) is 33.4 Å². The fourth-order valence-electron chi connectivity index (χ4n) is 1.68. The number of likely N-dealkylation sites (N-methyl/N-ethyl adjacent to an activating group) is 1. The largest absolute Gasteiger partial charge is 0.334 e. The summed E-state index contributed by atoms with van der Waals surface area (Å²) in [7, 11) is 2.19. The van der Waals surface area contributed by atoms with Gasteiger partial charge in [0.05, 0.1) is 0 Å². The van der Waals surface area contributed by atoms with Crippen LogP contribution in [0.15, 0.2) is 12.4 Å². The van der Waals surface area contributed by atoms with Crippen LogP contribution >= 0.6 is 15.9 Å². The van der Waals surface area contributed by atoms with Crippen molar-refractivity contribution in [1.82, 2.24) is 14.5 Å². The molecule has 0 radical (unpaired) electrons. The van der Waals surface area contributed by atoms with Crippen LogP contribution in [0.1, 0.15) is 25.1 Å². The Bertz CT molecular complexity index is 286. The molecule has 0 unspecified atom stereocenters. The minimum atomic E-state index is 1.04. The summed E-state index contributed by atoms with van der Waals surface area (Å²) < 4.78 is 2.20. The van der Waals surface area contributed by atoms with Gasteiger partial charge in [-0.25, -0.2) is 4.98 Å². The number of halogens is 1. The second kappa shape index (κ2) is 7.85. The fraction of sp³-hybridized carbons (Fsp3) is 0.750. The van der Waals surface area contributed by atoms with Gasteiger partial charge in [0.25, 0.3) is 0 Å². The average Bonchev–Trinajstić information content (AvgIpc) is 2.67. The Morgan fingerprint density at radius 3 is 2.75 bits per heavy atom. The summed E-state index contributed by atoms with van der Waals surface area (Å²) in [6.45, 7) is 5.39. The van der Waals surface area contributed by atoms with Gasteiger partial charge in [-0.2, -0.15) is 0 Å². The minimum Gasteiger partial charge on any atom is -0.334 e. The van der Waals surface area contributed by atoms with Crippen molar-refractivity contribution in [3.8, 4) is 0 Å². The SMILES string of the molecule is Cc1nccn1CCN(C)CCCCCBr. The van der Waals surface area contributed by atoms with Crippen LogP contribution in [-0.2, 0) is 6.54 Å². The van der Waals surface area contributed by atoms with Gasteiger partial charge in [0.2, 0.25) is 0 Å². The summed E-state index contributed by atoms with van der Waals surface area (Å²) in [6.07, 6.45) is 7.82. The van der Waals surface area contributed by atoms with Gasteiger partial charge in [0, 0.05) is 30.8 Å². The number of hydrogen-bond donors (Lipinski definition) is 0. The first-order valence-corrected chi connectivity index (χ1v) is 7.08. The zero-order valence-corrected chi connectivity index (χ0v) is 11.9. The predicted molar refractivity (Wildman–Crippen MR) is 72.1 cm³/mol. The first-order chi connectivity index (χ1) is 7.74. The van der Waals surface area contributed by atoms with Gasteiger partial charge >= 0.3 is 0 Å². The Labute approximate surface area is 107 Å². The van der Waals surface area contributed by atoms with E-state index in [1.807, 2.05) is 12.4 Å². The van der Waals surface area contributed by atoms with E-state index in [4.69, 9.17) is 0 Å². The predicted octanol–water partition coefficient (Wildman–Crippen LogP) is 2.69. The van der Waals surface area contributed by atoms with Gasteiger partial charge in [-0.3, -0.25) is 0 Å². The molecule has 0 saturated carbocycles. The van der Waals surface area contributed by atoms with E-state index in [0.717, 1.165) is 24.2 Å². The highest BCUT2D eigenvalue weighted by atomic mass is 79.9. The molecule has 0 aromatic carbocycles. The molecule has 0 N–H and O–H groups in total. The zero-order chi connectivity index (χ0) is 11.8. The lowest BCUT2D eigenvalue weighted by molar-refractivity contribution is 0.310. The molecule has 0 atom stereocenters. The summed E-state index contributed by atoms with van der Waals surface area (Å²) >= 11 is 3.46. The number of hydrogen-bond acceptors (Lipinski definition) is 2. The fourth-order valence-corrected chi connectivity index (χ4v) is 2.08. The van der Waals surface area contributed by atoms with Crippen molar-refractivity contribution >= 4 is 15.9 Å². The molecule has 0 fully saturated rings. The molecule has 0 aliphatic heterocycles. The van der Waals surface area contributed by atoms with E-state index < -0.39 is 0 Å². The lowest BCUT2D eigenvalue weighted by atomic mass is 10.2. The number of aromatic nitrogens is 2. The highest BCUT2D eigenvalue weighted by Crippen LogP contribution is 2.01. The van der Waals surface area contributed by atoms with E-state index in [1.54, 1.807) is 0 Å². The van der Waals surface area contributed by atoms with Crippen LogP contribution in [0, 0.1) is 6.92 Å². The summed E-state index contributed by atoms with van der Waals surface area (Å²) in [5.74, 6) is 1.10. The molecule has 0 amide bonds. The number of aryl methyl sites for hydroxylation is 1. The zero-order valence-electron chi connectivity index (χ0n) is 10.3. The Kier molecular flexibility index (Phi) is 6.73. The van der Waals surface area contributed by atoms with Gasteiger partial charge in [0.15, 0.2) is 0 Å². The number of imidazole rings is 1. The maximum Gasteiger partial charge on any atom is 0.105 e. The average molecular weight is 288 g/mol. The Morgan fingerprint density at radius 1 is 1.31 bits per heavy atom. The third-order valence-electron chi connectivity index (χ3n) is 2.82. The molecule has 16 heavy (non-hydrogen) atoms. The van der Waals surface area contributed by atoms with Gasteiger partial charge < -0.3 is 9.47 Å². The molecule has 1 aromatic rings. The molecule has 1 heterocycles. The Hall–Kier alpha value is -0.350. The molecule has 4 heteroatoms. The summed E-state index contributed by atoms with van der Waals surface area (Å²) in [5, 5.41) is 1.13. The van der Waals surface area contributed by atoms with E-state index in [2.05, 4.69) is 44.4 Å². The van der Waals surface area contributed by atoms with Crippen LogP contribution in [0.2, 0.25) is 0 Å². The number of alkyl halides is 1. The first-order valence-electron chi connectivity index (χ1n) is 5.96. The van der Waals surface area contributed by atoms with Gasteiger partial charge in [-0.15, -0.1) is 0 Å². The lowest BCUT2D eigenvalue weighted by Gasteiger charge is -2.17. The van der Waals surface area contributed by atoms with Crippen molar-refractivity contribution < 1.29 is 0 Å². The molecule has 1 rings (SSSR count). The second-order valence-electron chi connectivity index (χ2n) is 4.22. The maximum atomic E-state index is 4.22. The normalized spacial score (nSPS) is 11.2. The van der Waals surface area contributed by atoms with E-state index in [-0.39, 0.29) is 0 Å². The molecule has 3 nitrogen and oxygen atoms in total. The van der Waals surface area contributed by atoms with E-state index in [1.165, 1.54) is 25.8 Å². The van der Waals surface area contributed by atoms with Crippen molar-refractivity contribution in [3.63, 3.8) is 0 Å². The van der Waals surface area contributed by atoms with E-state index in [9.17, 15) is 0 Å². The number of rotatable bonds is 8. The number of nitrogens with zero attached hydrogens (tertiary/aromatic N) is 3. The highest BCUT2D eigenvalue weighted by molar-refractivity contribution is 9.09. The molecule has 0 aliphatic rings. The van der Waals surface area contributed by atoms with Crippen LogP contribution in [0.25, 0.3) is 0 Å². The number of unbranched alkanes of at least 4 members (excludes halogenated alkanes) is 2. The summed E-state index contributed by atoms with van der Waals surface area (Å²) in [5.41, 5.74) is 0. The standard InChI is InChI=1S/C12H22BrN3/c1-12-14-7-9-16(12)11-10-15(2)8-5-3-4-6-13/h7,9H,3-6,8,10-11H2,1-2H3. The first kappa shape index (κ1) is 13.7. The molecule has 92 valence electrons. The van der Waals surface area contributed by atoms with Crippen molar-refractivity contribution in [1.29, 1.82) is 0 Å². The molecule has 0 aliphatic carbocycles. The summed E-state index contributed by atoms with van der Waals surface area (Å²) in [4.78, 5) is 6.62. The topological polar surface area (TPSA) is 21.1 Å². The van der Waals surface area contributed by atoms with Crippen molar-refractivity contribution in [3.05, 3.63) is 18.2 Å². The maximum absolute atomic E-state index is 4.22. The van der Waals surface area contributed by atoms with Crippen molar-refractivity contribution in [2.45, 2.75) is 32.7 Å². The van der Waals surface area contributed by atoms with Gasteiger partial charge in [0.1, 0.15) is 5.82 Å². The van der Waals surface area contributed by atoms with Gasteiger partial charge in [-0.1, -0.05) is 22.4 Å². The third kappa shape index (κ3) is 5.12. The van der Waals surface area contributed by atoms with Crippen LogP contribution < -0.4 is 0 Å².